The minimum absolute atomic E-state index is 0.00864. The van der Waals surface area contributed by atoms with Crippen LogP contribution in [0.2, 0.25) is 0 Å². The topological polar surface area (TPSA) is 105 Å². The molecule has 0 spiro atoms. The van der Waals surface area contributed by atoms with Crippen molar-refractivity contribution < 1.29 is 24.2 Å². The zero-order chi connectivity index (χ0) is 15.0. The van der Waals surface area contributed by atoms with Gasteiger partial charge in [0, 0.05) is 13.0 Å². The van der Waals surface area contributed by atoms with Gasteiger partial charge in [0.25, 0.3) is 0 Å². The summed E-state index contributed by atoms with van der Waals surface area (Å²) in [5, 5.41) is 14.0. The summed E-state index contributed by atoms with van der Waals surface area (Å²) in [5.41, 5.74) is 0. The highest BCUT2D eigenvalue weighted by molar-refractivity contribution is 7.99. The molecule has 0 radical (unpaired) electrons. The van der Waals surface area contributed by atoms with E-state index in [9.17, 15) is 14.4 Å². The molecule has 7 nitrogen and oxygen atoms in total. The van der Waals surface area contributed by atoms with Crippen molar-refractivity contribution in [3.05, 3.63) is 0 Å². The number of carbonyl (C=O) groups excluding carboxylic acids is 2. The third kappa shape index (κ3) is 6.14. The van der Waals surface area contributed by atoms with Crippen molar-refractivity contribution in [3.8, 4) is 0 Å². The number of aliphatic carboxylic acids is 1. The quantitative estimate of drug-likeness (QED) is 0.590. The molecule has 1 unspecified atom stereocenters. The van der Waals surface area contributed by atoms with Gasteiger partial charge in [-0.25, -0.2) is 9.59 Å². The van der Waals surface area contributed by atoms with Crippen LogP contribution in [0.5, 0.6) is 0 Å². The van der Waals surface area contributed by atoms with Gasteiger partial charge >= 0.3 is 18.0 Å². The Hall–Kier alpha value is -1.44. The van der Waals surface area contributed by atoms with E-state index >= 15 is 0 Å². The van der Waals surface area contributed by atoms with E-state index in [2.05, 4.69) is 15.4 Å². The molecule has 0 bridgehead atoms. The number of rotatable bonds is 7. The molecule has 20 heavy (non-hydrogen) atoms. The molecule has 3 N–H and O–H groups in total. The predicted octanol–water partition coefficient (Wildman–Crippen LogP) is 0.445. The average molecular weight is 304 g/mol. The minimum Gasteiger partial charge on any atom is -0.480 e. The molecule has 1 aliphatic heterocycles. The van der Waals surface area contributed by atoms with Crippen molar-refractivity contribution >= 4 is 29.7 Å². The molecule has 1 heterocycles. The lowest BCUT2D eigenvalue weighted by atomic mass is 10.1. The molecule has 2 atom stereocenters. The molecule has 1 fully saturated rings. The monoisotopic (exact) mass is 304 g/mol. The first kappa shape index (κ1) is 16.6. The Kier molecular flexibility index (Phi) is 7.21. The van der Waals surface area contributed by atoms with Crippen LogP contribution in [0.15, 0.2) is 0 Å². The van der Waals surface area contributed by atoms with Gasteiger partial charge in [0.15, 0.2) is 0 Å². The van der Waals surface area contributed by atoms with E-state index in [1.54, 1.807) is 0 Å². The molecule has 1 rings (SSSR count). The molecule has 1 aliphatic rings. The number of thioether (sulfide) groups is 1. The number of carboxylic acids is 1. The van der Waals surface area contributed by atoms with Crippen LogP contribution < -0.4 is 10.6 Å². The van der Waals surface area contributed by atoms with Crippen LogP contribution in [-0.2, 0) is 14.3 Å². The van der Waals surface area contributed by atoms with E-state index in [1.165, 1.54) is 7.11 Å². The first-order valence-electron chi connectivity index (χ1n) is 6.44. The Balaban J connectivity index is 2.30. The Morgan fingerprint density at radius 2 is 2.20 bits per heavy atom. The van der Waals surface area contributed by atoms with Crippen LogP contribution in [0.4, 0.5) is 4.79 Å². The van der Waals surface area contributed by atoms with Crippen molar-refractivity contribution in [1.82, 2.24) is 10.6 Å². The van der Waals surface area contributed by atoms with Gasteiger partial charge in [-0.15, -0.1) is 0 Å². The third-order valence-electron chi connectivity index (χ3n) is 3.04. The van der Waals surface area contributed by atoms with Gasteiger partial charge in [0.1, 0.15) is 6.04 Å². The van der Waals surface area contributed by atoms with E-state index in [4.69, 9.17) is 5.11 Å². The van der Waals surface area contributed by atoms with Gasteiger partial charge in [0.05, 0.1) is 7.11 Å². The molecular formula is C12H20N2O5S. The fourth-order valence-electron chi connectivity index (χ4n) is 1.81. The second-order valence-electron chi connectivity index (χ2n) is 4.59. The molecule has 114 valence electrons. The first-order chi connectivity index (χ1) is 9.52. The average Bonchev–Trinajstić information content (AvgIpc) is 2.93. The molecule has 2 amide bonds. The number of nitrogens with one attached hydrogen (secondary N) is 2. The highest BCUT2D eigenvalue weighted by atomic mass is 32.2. The smallest absolute Gasteiger partial charge is 0.326 e. The van der Waals surface area contributed by atoms with Crippen LogP contribution in [-0.4, -0.2) is 54.3 Å². The van der Waals surface area contributed by atoms with Gasteiger partial charge in [-0.2, -0.15) is 11.8 Å². The summed E-state index contributed by atoms with van der Waals surface area (Å²) in [7, 11) is 1.23. The van der Waals surface area contributed by atoms with E-state index in [0.29, 0.717) is 12.5 Å². The summed E-state index contributed by atoms with van der Waals surface area (Å²) < 4.78 is 4.44. The molecular weight excluding hydrogens is 284 g/mol. The lowest BCUT2D eigenvalue weighted by molar-refractivity contribution is -0.142. The predicted molar refractivity (Wildman–Crippen MR) is 74.6 cm³/mol. The van der Waals surface area contributed by atoms with Crippen molar-refractivity contribution in [1.29, 1.82) is 0 Å². The number of carbonyl (C=O) groups is 3. The highest BCUT2D eigenvalue weighted by Crippen LogP contribution is 2.22. The zero-order valence-electron chi connectivity index (χ0n) is 11.4. The van der Waals surface area contributed by atoms with Gasteiger partial charge in [0.2, 0.25) is 0 Å². The molecule has 0 aromatic heterocycles. The fraction of sp³-hybridized carbons (Fsp3) is 0.750. The molecule has 0 aromatic carbocycles. The summed E-state index contributed by atoms with van der Waals surface area (Å²) in [4.78, 5) is 33.6. The van der Waals surface area contributed by atoms with Crippen molar-refractivity contribution in [3.63, 3.8) is 0 Å². The number of esters is 1. The zero-order valence-corrected chi connectivity index (χ0v) is 12.2. The van der Waals surface area contributed by atoms with Crippen LogP contribution in [0.3, 0.4) is 0 Å². The number of methoxy groups -OCH3 is 1. The van der Waals surface area contributed by atoms with Gasteiger partial charge in [-0.3, -0.25) is 4.79 Å². The Morgan fingerprint density at radius 1 is 1.45 bits per heavy atom. The maximum atomic E-state index is 11.6. The maximum absolute atomic E-state index is 11.6. The molecule has 0 saturated carbocycles. The maximum Gasteiger partial charge on any atom is 0.326 e. The third-order valence-corrected chi connectivity index (χ3v) is 4.27. The molecule has 0 aliphatic carbocycles. The highest BCUT2D eigenvalue weighted by Gasteiger charge is 2.22. The normalized spacial score (nSPS) is 19.1. The van der Waals surface area contributed by atoms with Gasteiger partial charge in [-0.05, 0) is 30.3 Å². The molecule has 0 aromatic rings. The number of urea groups is 1. The summed E-state index contributed by atoms with van der Waals surface area (Å²) in [5.74, 6) is 0.904. The summed E-state index contributed by atoms with van der Waals surface area (Å²) in [6, 6.07) is -1.61. The van der Waals surface area contributed by atoms with Gasteiger partial charge in [-0.1, -0.05) is 0 Å². The number of amides is 2. The van der Waals surface area contributed by atoms with Gasteiger partial charge < -0.3 is 20.5 Å². The Bertz CT molecular complexity index is 358. The van der Waals surface area contributed by atoms with E-state index < -0.39 is 24.0 Å². The lowest BCUT2D eigenvalue weighted by Crippen LogP contribution is -2.47. The largest absolute Gasteiger partial charge is 0.480 e. The molecule has 1 saturated heterocycles. The first-order valence-corrected chi connectivity index (χ1v) is 7.60. The summed E-state index contributed by atoms with van der Waals surface area (Å²) >= 11 is 1.85. The van der Waals surface area contributed by atoms with E-state index in [0.717, 1.165) is 17.9 Å². The van der Waals surface area contributed by atoms with Crippen molar-refractivity contribution in [2.75, 3.05) is 25.2 Å². The standard InChI is InChI=1S/C12H20N2O5S/c1-19-10(15)3-2-9(11(16)17)14-12(18)13-6-8-4-5-20-7-8/h8-9H,2-7H2,1H3,(H,16,17)(H2,13,14,18)/t8?,9-/m0/s1. The van der Waals surface area contributed by atoms with Crippen LogP contribution >= 0.6 is 11.8 Å². The number of hydrogen-bond donors (Lipinski definition) is 3. The number of carboxylic acid groups (broad SMARTS) is 1. The van der Waals surface area contributed by atoms with Crippen LogP contribution in [0.25, 0.3) is 0 Å². The molecule has 8 heteroatoms. The lowest BCUT2D eigenvalue weighted by Gasteiger charge is -2.16. The van der Waals surface area contributed by atoms with Crippen LogP contribution in [0.1, 0.15) is 19.3 Å². The number of ether oxygens (including phenoxy) is 1. The Labute approximate surface area is 121 Å². The van der Waals surface area contributed by atoms with Crippen molar-refractivity contribution in [2.24, 2.45) is 5.92 Å². The number of hydrogen-bond acceptors (Lipinski definition) is 5. The van der Waals surface area contributed by atoms with E-state index in [-0.39, 0.29) is 12.8 Å². The van der Waals surface area contributed by atoms with E-state index in [1.807, 2.05) is 11.8 Å². The van der Waals surface area contributed by atoms with Crippen LogP contribution in [0, 0.1) is 5.92 Å². The Morgan fingerprint density at radius 3 is 2.75 bits per heavy atom. The summed E-state index contributed by atoms with van der Waals surface area (Å²) in [6.07, 6.45) is 1.03. The fourth-order valence-corrected chi connectivity index (χ4v) is 3.10. The summed E-state index contributed by atoms with van der Waals surface area (Å²) in [6.45, 7) is 0.544. The minimum atomic E-state index is -1.17. The second kappa shape index (κ2) is 8.68. The second-order valence-corrected chi connectivity index (χ2v) is 5.74. The SMILES string of the molecule is COC(=O)CC[C@H](NC(=O)NCC1CCSC1)C(=O)O. The van der Waals surface area contributed by atoms with Crippen molar-refractivity contribution in [2.45, 2.75) is 25.3 Å².